The number of hydrogen-bond acceptors (Lipinski definition) is 2. The van der Waals surface area contributed by atoms with E-state index in [1.807, 2.05) is 0 Å². The summed E-state index contributed by atoms with van der Waals surface area (Å²) in [4.78, 5) is 17.0. The maximum Gasteiger partial charge on any atom is 0.222 e. The molecule has 0 atom stereocenters. The molecule has 0 N–H and O–H groups in total. The lowest BCUT2D eigenvalue weighted by Gasteiger charge is -2.35. The Bertz CT molecular complexity index is 351. The van der Waals surface area contributed by atoms with E-state index in [1.165, 1.54) is 38.8 Å². The number of rotatable bonds is 6. The van der Waals surface area contributed by atoms with Gasteiger partial charge in [0.2, 0.25) is 5.91 Å². The van der Waals surface area contributed by atoms with Gasteiger partial charge in [-0.15, -0.1) is 0 Å². The molecule has 2 aliphatic heterocycles. The Labute approximate surface area is 143 Å². The van der Waals surface area contributed by atoms with Crippen molar-refractivity contribution in [3.8, 4) is 0 Å². The highest BCUT2D eigenvalue weighted by Gasteiger charge is 2.25. The molecule has 0 aliphatic carbocycles. The van der Waals surface area contributed by atoms with Gasteiger partial charge >= 0.3 is 0 Å². The molecule has 1 amide bonds. The average molecular weight is 323 g/mol. The van der Waals surface area contributed by atoms with Crippen molar-refractivity contribution in [1.29, 1.82) is 0 Å². The van der Waals surface area contributed by atoms with E-state index in [4.69, 9.17) is 0 Å². The van der Waals surface area contributed by atoms with Crippen LogP contribution in [-0.4, -0.2) is 48.4 Å². The number of amides is 1. The van der Waals surface area contributed by atoms with Gasteiger partial charge in [-0.1, -0.05) is 27.7 Å². The van der Waals surface area contributed by atoms with Gasteiger partial charge in [0.05, 0.1) is 0 Å². The molecule has 2 saturated heterocycles. The zero-order chi connectivity index (χ0) is 16.8. The molecular weight excluding hydrogens is 284 g/mol. The van der Waals surface area contributed by atoms with E-state index in [1.54, 1.807) is 0 Å². The lowest BCUT2D eigenvalue weighted by atomic mass is 9.86. The topological polar surface area (TPSA) is 23.6 Å². The first-order chi connectivity index (χ1) is 11.0. The summed E-state index contributed by atoms with van der Waals surface area (Å²) in [5.41, 5.74) is 0. The summed E-state index contributed by atoms with van der Waals surface area (Å²) in [5.74, 6) is 3.72. The number of piperidine rings is 2. The van der Waals surface area contributed by atoms with Gasteiger partial charge in [0.1, 0.15) is 0 Å². The van der Waals surface area contributed by atoms with Gasteiger partial charge in [0, 0.05) is 19.5 Å². The van der Waals surface area contributed by atoms with Crippen molar-refractivity contribution < 1.29 is 4.79 Å². The summed E-state index contributed by atoms with van der Waals surface area (Å²) in [7, 11) is 0. The van der Waals surface area contributed by atoms with E-state index >= 15 is 0 Å². The van der Waals surface area contributed by atoms with Crippen molar-refractivity contribution in [1.82, 2.24) is 9.80 Å². The third-order valence-corrected chi connectivity index (χ3v) is 6.28. The third-order valence-electron chi connectivity index (χ3n) is 6.28. The molecule has 2 heterocycles. The second kappa shape index (κ2) is 9.05. The van der Waals surface area contributed by atoms with E-state index in [-0.39, 0.29) is 0 Å². The summed E-state index contributed by atoms with van der Waals surface area (Å²) in [6.45, 7) is 14.9. The zero-order valence-corrected chi connectivity index (χ0v) is 15.9. The van der Waals surface area contributed by atoms with Crippen LogP contribution in [0.5, 0.6) is 0 Å². The van der Waals surface area contributed by atoms with Gasteiger partial charge in [-0.3, -0.25) is 4.79 Å². The minimum atomic E-state index is 0.393. The van der Waals surface area contributed by atoms with Crippen LogP contribution >= 0.6 is 0 Å². The van der Waals surface area contributed by atoms with E-state index in [0.717, 1.165) is 56.1 Å². The molecule has 0 aromatic carbocycles. The first kappa shape index (κ1) is 18.8. The SMILES string of the molecule is CC(C)C1CCN(CCCC(=O)N2CCC(C(C)C)CC2)CC1. The van der Waals surface area contributed by atoms with Crippen molar-refractivity contribution in [2.75, 3.05) is 32.7 Å². The summed E-state index contributed by atoms with van der Waals surface area (Å²) < 4.78 is 0. The van der Waals surface area contributed by atoms with Crippen LogP contribution < -0.4 is 0 Å². The van der Waals surface area contributed by atoms with Crippen molar-refractivity contribution >= 4 is 5.91 Å². The van der Waals surface area contributed by atoms with E-state index in [9.17, 15) is 4.79 Å². The number of hydrogen-bond donors (Lipinski definition) is 0. The molecule has 3 heteroatoms. The normalized spacial score (nSPS) is 22.3. The molecule has 23 heavy (non-hydrogen) atoms. The average Bonchev–Trinajstić information content (AvgIpc) is 2.55. The lowest BCUT2D eigenvalue weighted by Crippen LogP contribution is -2.40. The fourth-order valence-corrected chi connectivity index (χ4v) is 4.27. The Balaban J connectivity index is 1.59. The second-order valence-electron chi connectivity index (χ2n) is 8.49. The van der Waals surface area contributed by atoms with Gasteiger partial charge in [-0.2, -0.15) is 0 Å². The highest BCUT2D eigenvalue weighted by atomic mass is 16.2. The molecule has 2 rings (SSSR count). The smallest absolute Gasteiger partial charge is 0.222 e. The standard InChI is InChI=1S/C20H38N2O/c1-16(2)18-7-12-21(13-8-18)11-5-6-20(23)22-14-9-19(10-15-22)17(3)4/h16-19H,5-15H2,1-4H3. The summed E-state index contributed by atoms with van der Waals surface area (Å²) >= 11 is 0. The molecule has 0 bridgehead atoms. The van der Waals surface area contributed by atoms with Gasteiger partial charge in [0.25, 0.3) is 0 Å². The molecule has 0 saturated carbocycles. The lowest BCUT2D eigenvalue weighted by molar-refractivity contribution is -0.133. The van der Waals surface area contributed by atoms with Gasteiger partial charge < -0.3 is 9.80 Å². The number of likely N-dealkylation sites (tertiary alicyclic amines) is 2. The Morgan fingerprint density at radius 3 is 1.83 bits per heavy atom. The molecule has 134 valence electrons. The second-order valence-corrected chi connectivity index (χ2v) is 8.49. The van der Waals surface area contributed by atoms with Crippen LogP contribution in [0.2, 0.25) is 0 Å². The predicted molar refractivity (Wildman–Crippen MR) is 97.4 cm³/mol. The van der Waals surface area contributed by atoms with Crippen molar-refractivity contribution in [2.24, 2.45) is 23.7 Å². The van der Waals surface area contributed by atoms with Crippen LogP contribution in [0.3, 0.4) is 0 Å². The highest BCUT2D eigenvalue weighted by molar-refractivity contribution is 5.76. The minimum Gasteiger partial charge on any atom is -0.343 e. The van der Waals surface area contributed by atoms with Crippen LogP contribution in [0.1, 0.15) is 66.2 Å². The predicted octanol–water partition coefficient (Wildman–Crippen LogP) is 4.03. The van der Waals surface area contributed by atoms with E-state index < -0.39 is 0 Å². The van der Waals surface area contributed by atoms with Crippen molar-refractivity contribution in [3.05, 3.63) is 0 Å². The van der Waals surface area contributed by atoms with Crippen LogP contribution in [0.15, 0.2) is 0 Å². The first-order valence-corrected chi connectivity index (χ1v) is 9.97. The molecule has 0 radical (unpaired) electrons. The third kappa shape index (κ3) is 5.77. The van der Waals surface area contributed by atoms with Crippen LogP contribution in [-0.2, 0) is 4.79 Å². The fourth-order valence-electron chi connectivity index (χ4n) is 4.27. The largest absolute Gasteiger partial charge is 0.343 e. The highest BCUT2D eigenvalue weighted by Crippen LogP contribution is 2.26. The Kier molecular flexibility index (Phi) is 7.39. The first-order valence-electron chi connectivity index (χ1n) is 9.97. The quantitative estimate of drug-likeness (QED) is 0.737. The Hall–Kier alpha value is -0.570. The van der Waals surface area contributed by atoms with Crippen LogP contribution in [0, 0.1) is 23.7 Å². The van der Waals surface area contributed by atoms with Gasteiger partial charge in [-0.25, -0.2) is 0 Å². The summed E-state index contributed by atoms with van der Waals surface area (Å²) in [6.07, 6.45) is 6.87. The van der Waals surface area contributed by atoms with Crippen molar-refractivity contribution in [2.45, 2.75) is 66.2 Å². The monoisotopic (exact) mass is 322 g/mol. The molecule has 0 aromatic heterocycles. The van der Waals surface area contributed by atoms with E-state index in [2.05, 4.69) is 37.5 Å². The molecule has 2 fully saturated rings. The molecule has 2 aliphatic rings. The van der Waals surface area contributed by atoms with Crippen LogP contribution in [0.4, 0.5) is 0 Å². The summed E-state index contributed by atoms with van der Waals surface area (Å²) in [5, 5.41) is 0. The zero-order valence-electron chi connectivity index (χ0n) is 15.9. The maximum atomic E-state index is 12.4. The molecular formula is C20H38N2O. The molecule has 0 spiro atoms. The molecule has 0 aromatic rings. The van der Waals surface area contributed by atoms with Crippen LogP contribution in [0.25, 0.3) is 0 Å². The fraction of sp³-hybridized carbons (Fsp3) is 0.950. The number of carbonyl (C=O) groups excluding carboxylic acids is 1. The summed E-state index contributed by atoms with van der Waals surface area (Å²) in [6, 6.07) is 0. The van der Waals surface area contributed by atoms with Gasteiger partial charge in [0.15, 0.2) is 0 Å². The molecule has 3 nitrogen and oxygen atoms in total. The van der Waals surface area contributed by atoms with Crippen molar-refractivity contribution in [3.63, 3.8) is 0 Å². The van der Waals surface area contributed by atoms with Gasteiger partial charge in [-0.05, 0) is 75.4 Å². The van der Waals surface area contributed by atoms with E-state index in [0.29, 0.717) is 5.91 Å². The minimum absolute atomic E-state index is 0.393. The maximum absolute atomic E-state index is 12.4. The number of carbonyl (C=O) groups is 1. The molecule has 0 unspecified atom stereocenters. The Morgan fingerprint density at radius 2 is 1.35 bits per heavy atom. The number of nitrogens with zero attached hydrogens (tertiary/aromatic N) is 2. The Morgan fingerprint density at radius 1 is 0.870 bits per heavy atom.